The summed E-state index contributed by atoms with van der Waals surface area (Å²) >= 11 is 0. The van der Waals surface area contributed by atoms with E-state index in [4.69, 9.17) is 4.74 Å². The van der Waals surface area contributed by atoms with E-state index in [0.29, 0.717) is 13.2 Å². The van der Waals surface area contributed by atoms with E-state index in [1.807, 2.05) is 25.1 Å². The summed E-state index contributed by atoms with van der Waals surface area (Å²) in [5.41, 5.74) is 1.22. The lowest BCUT2D eigenvalue weighted by molar-refractivity contribution is -0.144. The summed E-state index contributed by atoms with van der Waals surface area (Å²) in [4.78, 5) is 16.0. The van der Waals surface area contributed by atoms with Gasteiger partial charge in [-0.15, -0.1) is 0 Å². The Bertz CT molecular complexity index is 379. The Morgan fingerprint density at radius 3 is 2.45 bits per heavy atom. The Balaban J connectivity index is 2.51. The van der Waals surface area contributed by atoms with Crippen LogP contribution in [-0.4, -0.2) is 56.1 Å². The van der Waals surface area contributed by atoms with Crippen molar-refractivity contribution >= 4 is 5.97 Å². The molecule has 112 valence electrons. The van der Waals surface area contributed by atoms with Crippen molar-refractivity contribution < 1.29 is 9.53 Å². The molecule has 0 amide bonds. The molecule has 4 heteroatoms. The van der Waals surface area contributed by atoms with Crippen molar-refractivity contribution in [3.8, 4) is 0 Å². The number of carbonyl (C=O) groups excluding carboxylic acids is 1. The molecule has 4 nitrogen and oxygen atoms in total. The molecule has 1 aromatic rings. The van der Waals surface area contributed by atoms with Gasteiger partial charge in [0.25, 0.3) is 0 Å². The van der Waals surface area contributed by atoms with Crippen molar-refractivity contribution in [2.75, 3.05) is 40.3 Å². The van der Waals surface area contributed by atoms with E-state index in [0.717, 1.165) is 26.1 Å². The first kappa shape index (κ1) is 16.7. The molecule has 0 saturated carbocycles. The lowest BCUT2D eigenvalue weighted by Gasteiger charge is -2.22. The number of hydrogen-bond acceptors (Lipinski definition) is 4. The summed E-state index contributed by atoms with van der Waals surface area (Å²) in [5, 5.41) is 0. The Labute approximate surface area is 122 Å². The Morgan fingerprint density at radius 1 is 1.15 bits per heavy atom. The van der Waals surface area contributed by atoms with Gasteiger partial charge >= 0.3 is 5.97 Å². The molecule has 0 N–H and O–H groups in total. The van der Waals surface area contributed by atoms with Crippen LogP contribution < -0.4 is 0 Å². The first-order valence-corrected chi connectivity index (χ1v) is 7.18. The molecule has 1 rings (SSSR count). The third-order valence-corrected chi connectivity index (χ3v) is 2.99. The van der Waals surface area contributed by atoms with Crippen molar-refractivity contribution in [1.29, 1.82) is 0 Å². The van der Waals surface area contributed by atoms with Gasteiger partial charge in [-0.25, -0.2) is 0 Å². The largest absolute Gasteiger partial charge is 0.465 e. The molecule has 0 aromatic heterocycles. The minimum Gasteiger partial charge on any atom is -0.465 e. The van der Waals surface area contributed by atoms with E-state index in [9.17, 15) is 4.79 Å². The van der Waals surface area contributed by atoms with Crippen molar-refractivity contribution in [3.63, 3.8) is 0 Å². The highest BCUT2D eigenvalue weighted by atomic mass is 16.5. The number of carbonyl (C=O) groups is 1. The molecule has 0 bridgehead atoms. The fourth-order valence-electron chi connectivity index (χ4n) is 2.06. The quantitative estimate of drug-likeness (QED) is 0.647. The minimum atomic E-state index is -0.145. The fourth-order valence-corrected chi connectivity index (χ4v) is 2.06. The standard InChI is InChI=1S/C16H26N2O2/c1-4-20-16(19)14-18(12-8-11-17(2)3)13-15-9-6-5-7-10-15/h5-7,9-10H,4,8,11-14H2,1-3H3. The lowest BCUT2D eigenvalue weighted by Crippen LogP contribution is -2.33. The molecule has 0 heterocycles. The number of benzene rings is 1. The number of nitrogens with zero attached hydrogens (tertiary/aromatic N) is 2. The molecule has 0 aliphatic carbocycles. The van der Waals surface area contributed by atoms with E-state index in [1.54, 1.807) is 0 Å². The van der Waals surface area contributed by atoms with E-state index >= 15 is 0 Å². The minimum absolute atomic E-state index is 0.145. The molecule has 0 atom stereocenters. The van der Waals surface area contributed by atoms with E-state index in [-0.39, 0.29) is 5.97 Å². The van der Waals surface area contributed by atoms with Gasteiger partial charge in [-0.2, -0.15) is 0 Å². The highest BCUT2D eigenvalue weighted by Gasteiger charge is 2.12. The first-order chi connectivity index (χ1) is 9.61. The van der Waals surface area contributed by atoms with Crippen molar-refractivity contribution in [3.05, 3.63) is 35.9 Å². The van der Waals surface area contributed by atoms with Crippen molar-refractivity contribution in [1.82, 2.24) is 9.80 Å². The smallest absolute Gasteiger partial charge is 0.320 e. The van der Waals surface area contributed by atoms with Gasteiger partial charge in [-0.05, 0) is 39.5 Å². The average Bonchev–Trinajstić information content (AvgIpc) is 2.39. The van der Waals surface area contributed by atoms with Crippen LogP contribution in [0.4, 0.5) is 0 Å². The topological polar surface area (TPSA) is 32.8 Å². The zero-order valence-corrected chi connectivity index (χ0v) is 12.8. The van der Waals surface area contributed by atoms with E-state index < -0.39 is 0 Å². The zero-order chi connectivity index (χ0) is 14.8. The van der Waals surface area contributed by atoms with Crippen LogP contribution in [-0.2, 0) is 16.1 Å². The van der Waals surface area contributed by atoms with Crippen LogP contribution in [0.3, 0.4) is 0 Å². The number of esters is 1. The third-order valence-electron chi connectivity index (χ3n) is 2.99. The molecule has 0 aliphatic heterocycles. The van der Waals surface area contributed by atoms with Crippen LogP contribution in [0, 0.1) is 0 Å². The van der Waals surface area contributed by atoms with Crippen LogP contribution in [0.1, 0.15) is 18.9 Å². The number of rotatable bonds is 9. The summed E-state index contributed by atoms with van der Waals surface area (Å²) in [6.07, 6.45) is 1.04. The third kappa shape index (κ3) is 7.26. The summed E-state index contributed by atoms with van der Waals surface area (Å²) in [6.45, 7) is 5.34. The summed E-state index contributed by atoms with van der Waals surface area (Å²) < 4.78 is 5.05. The van der Waals surface area contributed by atoms with Gasteiger partial charge in [0.05, 0.1) is 13.2 Å². The second kappa shape index (κ2) is 9.50. The van der Waals surface area contributed by atoms with Gasteiger partial charge in [0.1, 0.15) is 0 Å². The van der Waals surface area contributed by atoms with Gasteiger partial charge in [0, 0.05) is 13.1 Å². The van der Waals surface area contributed by atoms with Crippen LogP contribution >= 0.6 is 0 Å². The molecular weight excluding hydrogens is 252 g/mol. The Kier molecular flexibility index (Phi) is 7.92. The maximum Gasteiger partial charge on any atom is 0.320 e. The van der Waals surface area contributed by atoms with Crippen LogP contribution in [0.5, 0.6) is 0 Å². The summed E-state index contributed by atoms with van der Waals surface area (Å²) in [7, 11) is 4.12. The molecule has 0 radical (unpaired) electrons. The predicted molar refractivity (Wildman–Crippen MR) is 81.5 cm³/mol. The molecule has 1 aromatic carbocycles. The van der Waals surface area contributed by atoms with Crippen molar-refractivity contribution in [2.24, 2.45) is 0 Å². The van der Waals surface area contributed by atoms with Gasteiger partial charge in [-0.1, -0.05) is 30.3 Å². The highest BCUT2D eigenvalue weighted by Crippen LogP contribution is 2.05. The van der Waals surface area contributed by atoms with Crippen LogP contribution in [0.25, 0.3) is 0 Å². The van der Waals surface area contributed by atoms with Gasteiger partial charge in [-0.3, -0.25) is 9.69 Å². The highest BCUT2D eigenvalue weighted by molar-refractivity contribution is 5.71. The lowest BCUT2D eigenvalue weighted by atomic mass is 10.2. The molecule has 0 unspecified atom stereocenters. The summed E-state index contributed by atoms with van der Waals surface area (Å²) in [6, 6.07) is 10.2. The van der Waals surface area contributed by atoms with Crippen LogP contribution in [0.15, 0.2) is 30.3 Å². The fraction of sp³-hybridized carbons (Fsp3) is 0.562. The zero-order valence-electron chi connectivity index (χ0n) is 12.8. The second-order valence-corrected chi connectivity index (χ2v) is 5.16. The molecule has 0 fully saturated rings. The first-order valence-electron chi connectivity index (χ1n) is 7.18. The maximum absolute atomic E-state index is 11.7. The molecule has 0 saturated heterocycles. The van der Waals surface area contributed by atoms with E-state index in [1.165, 1.54) is 5.56 Å². The van der Waals surface area contributed by atoms with Crippen LogP contribution in [0.2, 0.25) is 0 Å². The molecular formula is C16H26N2O2. The summed E-state index contributed by atoms with van der Waals surface area (Å²) in [5.74, 6) is -0.145. The van der Waals surface area contributed by atoms with Crippen molar-refractivity contribution in [2.45, 2.75) is 19.9 Å². The number of ether oxygens (including phenoxy) is 1. The maximum atomic E-state index is 11.7. The average molecular weight is 278 g/mol. The predicted octanol–water partition coefficient (Wildman–Crippen LogP) is 2.00. The second-order valence-electron chi connectivity index (χ2n) is 5.16. The Morgan fingerprint density at radius 2 is 1.85 bits per heavy atom. The monoisotopic (exact) mass is 278 g/mol. The van der Waals surface area contributed by atoms with Gasteiger partial charge < -0.3 is 9.64 Å². The van der Waals surface area contributed by atoms with E-state index in [2.05, 4.69) is 36.0 Å². The molecule has 0 aliphatic rings. The van der Waals surface area contributed by atoms with Gasteiger partial charge in [0.15, 0.2) is 0 Å². The molecule has 0 spiro atoms. The van der Waals surface area contributed by atoms with Gasteiger partial charge in [0.2, 0.25) is 0 Å². The normalized spacial score (nSPS) is 11.1. The SMILES string of the molecule is CCOC(=O)CN(CCCN(C)C)Cc1ccccc1. The number of hydrogen-bond donors (Lipinski definition) is 0. The Hall–Kier alpha value is -1.39. The molecule has 20 heavy (non-hydrogen) atoms.